The molecule has 24 heavy (non-hydrogen) atoms. The average Bonchev–Trinajstić information content (AvgIpc) is 3.24. The van der Waals surface area contributed by atoms with E-state index in [0.29, 0.717) is 19.6 Å². The fourth-order valence-electron chi connectivity index (χ4n) is 2.21. The van der Waals surface area contributed by atoms with Gasteiger partial charge in [0.15, 0.2) is 5.76 Å². The maximum atomic E-state index is 11.7. The fourth-order valence-corrected chi connectivity index (χ4v) is 2.21. The minimum absolute atomic E-state index is 0.00791. The molecule has 0 fully saturated rings. The molecule has 0 radical (unpaired) electrons. The van der Waals surface area contributed by atoms with Crippen LogP contribution in [-0.2, 0) is 6.54 Å². The van der Waals surface area contributed by atoms with Gasteiger partial charge in [-0.1, -0.05) is 30.3 Å². The number of aromatic nitrogens is 2. The Morgan fingerprint density at radius 2 is 2.00 bits per heavy atom. The number of nitrogens with one attached hydrogen (secondary N) is 1. The monoisotopic (exact) mass is 328 g/mol. The molecule has 0 aliphatic rings. The van der Waals surface area contributed by atoms with E-state index in [2.05, 4.69) is 20.3 Å². The molecule has 2 aromatic heterocycles. The van der Waals surface area contributed by atoms with Crippen molar-refractivity contribution in [1.29, 1.82) is 0 Å². The number of nitrogen functional groups attached to an aromatic ring is 1. The SMILES string of the molecule is Nc1nonc1C(=O)NCC[NH2+]Cc1ccc(-c2ccccc2)o1. The Hall–Kier alpha value is -3.13. The van der Waals surface area contributed by atoms with E-state index in [1.54, 1.807) is 0 Å². The highest BCUT2D eigenvalue weighted by atomic mass is 16.6. The second kappa shape index (κ2) is 7.42. The second-order valence-electron chi connectivity index (χ2n) is 5.17. The van der Waals surface area contributed by atoms with E-state index >= 15 is 0 Å². The summed E-state index contributed by atoms with van der Waals surface area (Å²) in [6.07, 6.45) is 0. The van der Waals surface area contributed by atoms with Crippen LogP contribution in [0.25, 0.3) is 11.3 Å². The van der Waals surface area contributed by atoms with Crippen LogP contribution in [0.15, 0.2) is 51.5 Å². The van der Waals surface area contributed by atoms with Crippen molar-refractivity contribution in [1.82, 2.24) is 15.6 Å². The Labute approximate surface area is 138 Å². The third-order valence-corrected chi connectivity index (χ3v) is 3.43. The van der Waals surface area contributed by atoms with Crippen LogP contribution in [0.5, 0.6) is 0 Å². The standard InChI is InChI=1S/C16H17N5O3/c17-15-14(20-24-21-15)16(22)19-9-8-18-10-12-6-7-13(23-12)11-4-2-1-3-5-11/h1-7,18H,8-10H2,(H2,17,21)(H,19,22)/p+1. The molecule has 0 unspecified atom stereocenters. The molecule has 0 aliphatic heterocycles. The van der Waals surface area contributed by atoms with Crippen molar-refractivity contribution < 1.29 is 19.2 Å². The Morgan fingerprint density at radius 3 is 2.75 bits per heavy atom. The Bertz CT molecular complexity index is 797. The summed E-state index contributed by atoms with van der Waals surface area (Å²) in [5, 5.41) is 11.5. The van der Waals surface area contributed by atoms with Crippen LogP contribution in [0.3, 0.4) is 0 Å². The summed E-state index contributed by atoms with van der Waals surface area (Å²) in [5.41, 5.74) is 6.51. The van der Waals surface area contributed by atoms with Crippen molar-refractivity contribution in [2.45, 2.75) is 6.54 Å². The second-order valence-corrected chi connectivity index (χ2v) is 5.17. The van der Waals surface area contributed by atoms with Gasteiger partial charge in [-0.25, -0.2) is 4.63 Å². The van der Waals surface area contributed by atoms with Gasteiger partial charge >= 0.3 is 0 Å². The molecule has 3 rings (SSSR count). The number of anilines is 1. The van der Waals surface area contributed by atoms with Crippen LogP contribution in [0.2, 0.25) is 0 Å². The maximum Gasteiger partial charge on any atom is 0.277 e. The first-order valence-corrected chi connectivity index (χ1v) is 7.56. The van der Waals surface area contributed by atoms with Crippen molar-refractivity contribution in [2.75, 3.05) is 18.8 Å². The van der Waals surface area contributed by atoms with E-state index in [-0.39, 0.29) is 11.5 Å². The lowest BCUT2D eigenvalue weighted by Crippen LogP contribution is -2.84. The third kappa shape index (κ3) is 3.79. The molecule has 5 N–H and O–H groups in total. The number of nitrogens with zero attached hydrogens (tertiary/aromatic N) is 2. The van der Waals surface area contributed by atoms with E-state index < -0.39 is 5.91 Å². The molecule has 124 valence electrons. The Morgan fingerprint density at radius 1 is 1.17 bits per heavy atom. The van der Waals surface area contributed by atoms with Crippen LogP contribution in [0.1, 0.15) is 16.2 Å². The number of amides is 1. The third-order valence-electron chi connectivity index (χ3n) is 3.43. The molecule has 0 aliphatic carbocycles. The van der Waals surface area contributed by atoms with Crippen LogP contribution < -0.4 is 16.4 Å². The van der Waals surface area contributed by atoms with Gasteiger partial charge in [-0.3, -0.25) is 4.79 Å². The highest BCUT2D eigenvalue weighted by Crippen LogP contribution is 2.21. The van der Waals surface area contributed by atoms with Crippen molar-refractivity contribution in [3.05, 3.63) is 53.9 Å². The van der Waals surface area contributed by atoms with Gasteiger partial charge in [0, 0.05) is 5.56 Å². The molecule has 0 spiro atoms. The van der Waals surface area contributed by atoms with E-state index in [1.165, 1.54) is 0 Å². The van der Waals surface area contributed by atoms with E-state index in [9.17, 15) is 4.79 Å². The number of nitrogens with two attached hydrogens (primary N) is 2. The molecule has 1 amide bonds. The number of furan rings is 1. The molecular formula is C16H18N5O3+. The average molecular weight is 328 g/mol. The van der Waals surface area contributed by atoms with Gasteiger partial charge in [-0.2, -0.15) is 0 Å². The lowest BCUT2D eigenvalue weighted by molar-refractivity contribution is -0.670. The van der Waals surface area contributed by atoms with Gasteiger partial charge in [0.2, 0.25) is 11.5 Å². The molecule has 8 heteroatoms. The zero-order valence-electron chi connectivity index (χ0n) is 12.9. The number of carbonyl (C=O) groups is 1. The van der Waals surface area contributed by atoms with Crippen molar-refractivity contribution in [3.8, 4) is 11.3 Å². The van der Waals surface area contributed by atoms with Crippen molar-refractivity contribution in [3.63, 3.8) is 0 Å². The Kier molecular flexibility index (Phi) is 4.87. The Balaban J connectivity index is 1.40. The van der Waals surface area contributed by atoms with Crippen LogP contribution in [0.4, 0.5) is 5.82 Å². The van der Waals surface area contributed by atoms with E-state index in [4.69, 9.17) is 10.2 Å². The summed E-state index contributed by atoms with van der Waals surface area (Å²) in [4.78, 5) is 11.7. The first kappa shape index (κ1) is 15.8. The number of hydrogen-bond donors (Lipinski definition) is 3. The molecule has 2 heterocycles. The quantitative estimate of drug-likeness (QED) is 0.540. The topological polar surface area (TPSA) is 124 Å². The van der Waals surface area contributed by atoms with Gasteiger partial charge < -0.3 is 20.8 Å². The summed E-state index contributed by atoms with van der Waals surface area (Å²) in [7, 11) is 0. The number of benzene rings is 1. The van der Waals surface area contributed by atoms with Crippen LogP contribution in [-0.4, -0.2) is 29.3 Å². The number of rotatable bonds is 7. The largest absolute Gasteiger partial charge is 0.455 e. The van der Waals surface area contributed by atoms with Gasteiger partial charge in [-0.05, 0) is 22.4 Å². The molecule has 3 aromatic rings. The van der Waals surface area contributed by atoms with Gasteiger partial charge in [0.25, 0.3) is 5.91 Å². The van der Waals surface area contributed by atoms with Crippen LogP contribution >= 0.6 is 0 Å². The first-order valence-electron chi connectivity index (χ1n) is 7.56. The fraction of sp³-hybridized carbons (Fsp3) is 0.188. The van der Waals surface area contributed by atoms with E-state index in [0.717, 1.165) is 17.1 Å². The van der Waals surface area contributed by atoms with E-state index in [1.807, 2.05) is 47.8 Å². The molecular weight excluding hydrogens is 310 g/mol. The summed E-state index contributed by atoms with van der Waals surface area (Å²) >= 11 is 0. The van der Waals surface area contributed by atoms with Gasteiger partial charge in [-0.15, -0.1) is 0 Å². The minimum Gasteiger partial charge on any atom is -0.455 e. The zero-order chi connectivity index (χ0) is 16.8. The predicted octanol–water partition coefficient (Wildman–Crippen LogP) is 0.405. The molecule has 0 saturated carbocycles. The molecule has 1 aromatic carbocycles. The number of hydrogen-bond acceptors (Lipinski definition) is 6. The highest BCUT2D eigenvalue weighted by molar-refractivity contribution is 5.95. The molecule has 0 atom stereocenters. The summed E-state index contributed by atoms with van der Waals surface area (Å²) in [6.45, 7) is 1.85. The van der Waals surface area contributed by atoms with Gasteiger partial charge in [0.1, 0.15) is 12.3 Å². The number of quaternary nitrogens is 1. The highest BCUT2D eigenvalue weighted by Gasteiger charge is 2.15. The molecule has 0 saturated heterocycles. The van der Waals surface area contributed by atoms with Crippen LogP contribution in [0, 0.1) is 0 Å². The maximum absolute atomic E-state index is 11.7. The summed E-state index contributed by atoms with van der Waals surface area (Å²) in [5.74, 6) is 1.32. The zero-order valence-corrected chi connectivity index (χ0v) is 12.9. The van der Waals surface area contributed by atoms with Gasteiger partial charge in [0.05, 0.1) is 13.1 Å². The molecule has 8 nitrogen and oxygen atoms in total. The summed E-state index contributed by atoms with van der Waals surface area (Å²) < 4.78 is 10.2. The number of carbonyl (C=O) groups excluding carboxylic acids is 1. The minimum atomic E-state index is -0.397. The normalized spacial score (nSPS) is 10.7. The smallest absolute Gasteiger partial charge is 0.277 e. The lowest BCUT2D eigenvalue weighted by atomic mass is 10.2. The summed E-state index contributed by atoms with van der Waals surface area (Å²) in [6, 6.07) is 13.9. The first-order chi connectivity index (χ1) is 11.7. The van der Waals surface area contributed by atoms with Crippen molar-refractivity contribution in [2.24, 2.45) is 0 Å². The lowest BCUT2D eigenvalue weighted by Gasteiger charge is -2.02. The predicted molar refractivity (Wildman–Crippen MR) is 85.7 cm³/mol. The molecule has 0 bridgehead atoms. The van der Waals surface area contributed by atoms with Crippen molar-refractivity contribution >= 4 is 11.7 Å².